The third kappa shape index (κ3) is 6.85. The number of ketones is 1. The quantitative estimate of drug-likeness (QED) is 0.364. The fourth-order valence-electron chi connectivity index (χ4n) is 4.60. The highest BCUT2D eigenvalue weighted by Gasteiger charge is 2.26. The van der Waals surface area contributed by atoms with Crippen molar-refractivity contribution in [3.8, 4) is 0 Å². The van der Waals surface area contributed by atoms with Crippen molar-refractivity contribution in [1.29, 1.82) is 0 Å². The van der Waals surface area contributed by atoms with Crippen LogP contribution in [0.4, 0.5) is 10.1 Å². The molecule has 190 valence electrons. The maximum atomic E-state index is 13.2. The van der Waals surface area contributed by atoms with E-state index in [1.807, 2.05) is 30.3 Å². The average molecular weight is 511 g/mol. The number of sulfone groups is 1. The number of benzene rings is 2. The van der Waals surface area contributed by atoms with Crippen LogP contribution in [0.15, 0.2) is 77.8 Å². The molecule has 0 radical (unpaired) electrons. The highest BCUT2D eigenvalue weighted by molar-refractivity contribution is 7.91. The van der Waals surface area contributed by atoms with Crippen LogP contribution in [0.5, 0.6) is 0 Å². The van der Waals surface area contributed by atoms with Gasteiger partial charge >= 0.3 is 0 Å². The Morgan fingerprint density at radius 2 is 1.69 bits per heavy atom. The fraction of sp³-hybridized carbons (Fsp3) is 0.321. The van der Waals surface area contributed by atoms with Gasteiger partial charge in [0.2, 0.25) is 5.91 Å². The zero-order valence-corrected chi connectivity index (χ0v) is 20.7. The second-order valence-electron chi connectivity index (χ2n) is 9.32. The first-order chi connectivity index (χ1) is 17.3. The van der Waals surface area contributed by atoms with Gasteiger partial charge in [-0.1, -0.05) is 43.2 Å². The number of halogens is 1. The minimum atomic E-state index is -3.39. The third-order valence-corrected chi connectivity index (χ3v) is 8.45. The Morgan fingerprint density at radius 1 is 1.00 bits per heavy atom. The van der Waals surface area contributed by atoms with E-state index in [1.165, 1.54) is 18.2 Å². The number of rotatable bonds is 10. The smallest absolute Gasteiger partial charge is 0.228 e. The number of Topliss-reactive ketones (excluding diaryl/α,β-unsaturated/α-hetero) is 1. The molecule has 1 aromatic heterocycles. The van der Waals surface area contributed by atoms with Gasteiger partial charge in [-0.15, -0.1) is 0 Å². The van der Waals surface area contributed by atoms with E-state index in [1.54, 1.807) is 12.1 Å². The lowest BCUT2D eigenvalue weighted by Crippen LogP contribution is -2.27. The molecule has 2 aromatic carbocycles. The zero-order chi connectivity index (χ0) is 25.5. The summed E-state index contributed by atoms with van der Waals surface area (Å²) in [6, 6.07) is 18.0. The van der Waals surface area contributed by atoms with Gasteiger partial charge in [-0.2, -0.15) is 0 Å². The first-order valence-corrected chi connectivity index (χ1v) is 13.8. The molecule has 1 aliphatic rings. The van der Waals surface area contributed by atoms with Gasteiger partial charge in [0, 0.05) is 19.5 Å². The topological polar surface area (TPSA) is 93.2 Å². The van der Waals surface area contributed by atoms with E-state index in [0.717, 1.165) is 43.5 Å². The second kappa shape index (κ2) is 11.6. The third-order valence-electron chi connectivity index (χ3n) is 6.55. The average Bonchev–Trinajstić information content (AvgIpc) is 3.37. The Hall–Kier alpha value is -3.39. The number of carbonyl (C=O) groups excluding carboxylic acids is 2. The molecule has 1 saturated carbocycles. The maximum absolute atomic E-state index is 13.2. The van der Waals surface area contributed by atoms with Crippen molar-refractivity contribution in [1.82, 2.24) is 4.98 Å². The van der Waals surface area contributed by atoms with Gasteiger partial charge in [0.25, 0.3) is 0 Å². The molecule has 3 aromatic rings. The Morgan fingerprint density at radius 3 is 2.33 bits per heavy atom. The lowest BCUT2D eigenvalue weighted by molar-refractivity contribution is -0.119. The molecule has 0 aliphatic heterocycles. The highest BCUT2D eigenvalue weighted by atomic mass is 32.2. The van der Waals surface area contributed by atoms with Crippen molar-refractivity contribution in [2.24, 2.45) is 11.8 Å². The highest BCUT2D eigenvalue weighted by Crippen LogP contribution is 2.28. The first-order valence-electron chi connectivity index (χ1n) is 12.1. The van der Waals surface area contributed by atoms with Crippen LogP contribution in [0.2, 0.25) is 0 Å². The monoisotopic (exact) mass is 510 g/mol. The molecule has 8 heteroatoms. The van der Waals surface area contributed by atoms with E-state index in [4.69, 9.17) is 0 Å². The fourth-order valence-corrected chi connectivity index (χ4v) is 6.30. The van der Waals surface area contributed by atoms with E-state index in [-0.39, 0.29) is 41.8 Å². The Balaban J connectivity index is 0.00000380. The standard InChI is InChI=1S/C28H29FN2O4S.H2/c29-23-10-15-26(30-18-23)27(32)17-22(16-20-6-2-1-3-7-20)28(33)31-24-11-13-25(14-12-24)36(34,35)19-21-8-4-5-9-21;/h1-3,6-7,10-15,18,21-22H,4-5,8-9,16-17,19H2,(H,31,33);1H/t22-;/m1./s1. The van der Waals surface area contributed by atoms with Gasteiger partial charge in [-0.05, 0) is 67.1 Å². The zero-order valence-electron chi connectivity index (χ0n) is 19.9. The van der Waals surface area contributed by atoms with E-state index in [0.29, 0.717) is 12.1 Å². The van der Waals surface area contributed by atoms with E-state index in [2.05, 4.69) is 10.3 Å². The summed E-state index contributed by atoms with van der Waals surface area (Å²) in [5.41, 5.74) is 1.44. The maximum Gasteiger partial charge on any atom is 0.228 e. The lowest BCUT2D eigenvalue weighted by Gasteiger charge is -2.17. The molecule has 0 bridgehead atoms. The molecule has 0 unspecified atom stereocenters. The number of aromatic nitrogens is 1. The van der Waals surface area contributed by atoms with Gasteiger partial charge in [0.05, 0.1) is 16.8 Å². The van der Waals surface area contributed by atoms with Crippen LogP contribution in [0.1, 0.15) is 49.6 Å². The van der Waals surface area contributed by atoms with Crippen molar-refractivity contribution < 1.29 is 23.8 Å². The van der Waals surface area contributed by atoms with Crippen LogP contribution < -0.4 is 5.32 Å². The predicted molar refractivity (Wildman–Crippen MR) is 138 cm³/mol. The number of hydrogen-bond donors (Lipinski definition) is 1. The normalized spacial score (nSPS) is 14.9. The molecule has 1 aliphatic carbocycles. The summed E-state index contributed by atoms with van der Waals surface area (Å²) in [4.78, 5) is 30.0. The van der Waals surface area contributed by atoms with Crippen LogP contribution in [0.3, 0.4) is 0 Å². The lowest BCUT2D eigenvalue weighted by atomic mass is 9.92. The van der Waals surface area contributed by atoms with Gasteiger partial charge in [-0.25, -0.2) is 12.8 Å². The van der Waals surface area contributed by atoms with Crippen LogP contribution in [0, 0.1) is 17.7 Å². The number of anilines is 1. The summed E-state index contributed by atoms with van der Waals surface area (Å²) in [5.74, 6) is -1.61. The molecule has 0 saturated heterocycles. The van der Waals surface area contributed by atoms with Crippen LogP contribution in [-0.4, -0.2) is 30.8 Å². The van der Waals surface area contributed by atoms with Crippen molar-refractivity contribution in [2.75, 3.05) is 11.1 Å². The summed E-state index contributed by atoms with van der Waals surface area (Å²) in [6.07, 6.45) is 5.25. The molecule has 1 atom stereocenters. The van der Waals surface area contributed by atoms with Crippen molar-refractivity contribution in [3.63, 3.8) is 0 Å². The van der Waals surface area contributed by atoms with Crippen LogP contribution >= 0.6 is 0 Å². The van der Waals surface area contributed by atoms with E-state index in [9.17, 15) is 22.4 Å². The summed E-state index contributed by atoms with van der Waals surface area (Å²) in [5, 5.41) is 2.81. The summed E-state index contributed by atoms with van der Waals surface area (Å²) < 4.78 is 38.7. The SMILES string of the molecule is O=C(C[C@@H](Cc1ccccc1)C(=O)Nc1ccc(S(=O)(=O)CC2CCCC2)cc1)c1ccc(F)cn1.[HH]. The second-order valence-corrected chi connectivity index (χ2v) is 11.4. The number of carbonyl (C=O) groups is 2. The summed E-state index contributed by atoms with van der Waals surface area (Å²) in [7, 11) is -3.39. The molecule has 1 N–H and O–H groups in total. The molecule has 6 nitrogen and oxygen atoms in total. The molecular weight excluding hydrogens is 479 g/mol. The van der Waals surface area contributed by atoms with Gasteiger partial charge < -0.3 is 5.32 Å². The van der Waals surface area contributed by atoms with Gasteiger partial charge in [0.1, 0.15) is 11.5 Å². The Bertz CT molecular complexity index is 1290. The van der Waals surface area contributed by atoms with Crippen LogP contribution in [-0.2, 0) is 21.1 Å². The minimum Gasteiger partial charge on any atom is -0.326 e. The molecule has 36 heavy (non-hydrogen) atoms. The predicted octanol–water partition coefficient (Wildman–Crippen LogP) is 5.50. The molecule has 1 heterocycles. The Labute approximate surface area is 212 Å². The van der Waals surface area contributed by atoms with Crippen molar-refractivity contribution >= 4 is 27.2 Å². The number of amides is 1. The molecule has 1 fully saturated rings. The minimum absolute atomic E-state index is 0. The largest absolute Gasteiger partial charge is 0.326 e. The summed E-state index contributed by atoms with van der Waals surface area (Å²) in [6.45, 7) is 0. The van der Waals surface area contributed by atoms with E-state index >= 15 is 0 Å². The number of nitrogens with zero attached hydrogens (tertiary/aromatic N) is 1. The van der Waals surface area contributed by atoms with Crippen molar-refractivity contribution in [3.05, 3.63) is 90.0 Å². The van der Waals surface area contributed by atoms with Gasteiger partial charge in [-0.3, -0.25) is 14.6 Å². The van der Waals surface area contributed by atoms with Gasteiger partial charge in [0.15, 0.2) is 15.6 Å². The number of pyridine rings is 1. The summed E-state index contributed by atoms with van der Waals surface area (Å²) >= 11 is 0. The first kappa shape index (κ1) is 25.7. The number of hydrogen-bond acceptors (Lipinski definition) is 5. The molecule has 4 rings (SSSR count). The van der Waals surface area contributed by atoms with Crippen LogP contribution in [0.25, 0.3) is 0 Å². The number of nitrogens with one attached hydrogen (secondary N) is 1. The Kier molecular flexibility index (Phi) is 8.25. The van der Waals surface area contributed by atoms with E-state index < -0.39 is 21.6 Å². The molecule has 1 amide bonds. The van der Waals surface area contributed by atoms with Crippen molar-refractivity contribution in [2.45, 2.75) is 43.4 Å². The molecule has 0 spiro atoms. The molecular formula is C28H31FN2O4S.